The van der Waals surface area contributed by atoms with E-state index in [1.807, 2.05) is 19.9 Å². The molecular weight excluding hydrogens is 279 g/mol. The number of hydrogen-bond acceptors (Lipinski definition) is 5. The minimum Gasteiger partial charge on any atom is -0.464 e. The molecule has 0 aliphatic carbocycles. The minimum absolute atomic E-state index is 0.109. The van der Waals surface area contributed by atoms with Crippen LogP contribution in [0.1, 0.15) is 33.9 Å². The van der Waals surface area contributed by atoms with E-state index in [1.54, 1.807) is 6.07 Å². The summed E-state index contributed by atoms with van der Waals surface area (Å²) >= 11 is 1.37. The second kappa shape index (κ2) is 6.00. The van der Waals surface area contributed by atoms with Crippen molar-refractivity contribution in [3.05, 3.63) is 46.2 Å². The molecule has 1 aromatic carbocycles. The fourth-order valence-electron chi connectivity index (χ4n) is 1.79. The monoisotopic (exact) mass is 294 g/mol. The molecule has 1 unspecified atom stereocenters. The highest BCUT2D eigenvalue weighted by Gasteiger charge is 2.17. The number of rotatable bonds is 4. The highest BCUT2D eigenvalue weighted by atomic mass is 32.1. The number of nitrogens with one attached hydrogen (secondary N) is 1. The summed E-state index contributed by atoms with van der Waals surface area (Å²) < 4.78 is 17.8. The number of benzene rings is 1. The normalized spacial score (nSPS) is 12.0. The van der Waals surface area contributed by atoms with E-state index in [0.29, 0.717) is 10.8 Å². The molecule has 0 fully saturated rings. The highest BCUT2D eigenvalue weighted by Crippen LogP contribution is 2.26. The van der Waals surface area contributed by atoms with Gasteiger partial charge in [0.05, 0.1) is 13.2 Å². The summed E-state index contributed by atoms with van der Waals surface area (Å²) in [7, 11) is 1.32. The van der Waals surface area contributed by atoms with Gasteiger partial charge in [0.15, 0.2) is 10.8 Å². The lowest BCUT2D eigenvalue weighted by Crippen LogP contribution is -2.08. The largest absolute Gasteiger partial charge is 0.464 e. The van der Waals surface area contributed by atoms with E-state index in [4.69, 9.17) is 0 Å². The zero-order chi connectivity index (χ0) is 14.7. The lowest BCUT2D eigenvalue weighted by Gasteiger charge is -2.13. The van der Waals surface area contributed by atoms with E-state index in [0.717, 1.165) is 10.4 Å². The third kappa shape index (κ3) is 3.14. The van der Waals surface area contributed by atoms with Crippen molar-refractivity contribution in [2.75, 3.05) is 12.4 Å². The van der Waals surface area contributed by atoms with E-state index >= 15 is 0 Å². The lowest BCUT2D eigenvalue weighted by atomic mass is 10.1. The maximum atomic E-state index is 13.2. The summed E-state index contributed by atoms with van der Waals surface area (Å²) in [5, 5.41) is 3.77. The fourth-order valence-corrected chi connectivity index (χ4v) is 2.68. The summed E-state index contributed by atoms with van der Waals surface area (Å²) in [5.41, 5.74) is 1.13. The van der Waals surface area contributed by atoms with Gasteiger partial charge in [-0.05, 0) is 31.5 Å². The first-order valence-electron chi connectivity index (χ1n) is 6.09. The van der Waals surface area contributed by atoms with Gasteiger partial charge in [-0.2, -0.15) is 0 Å². The van der Waals surface area contributed by atoms with Gasteiger partial charge in [-0.25, -0.2) is 14.2 Å². The molecule has 0 radical (unpaired) electrons. The Balaban J connectivity index is 2.16. The predicted molar refractivity (Wildman–Crippen MR) is 76.6 cm³/mol. The fraction of sp³-hybridized carbons (Fsp3) is 0.286. The summed E-state index contributed by atoms with van der Waals surface area (Å²) in [5.74, 6) is -0.730. The second-order valence-electron chi connectivity index (χ2n) is 4.34. The van der Waals surface area contributed by atoms with E-state index in [1.165, 1.54) is 30.6 Å². The first-order chi connectivity index (χ1) is 9.51. The molecule has 0 saturated carbocycles. The van der Waals surface area contributed by atoms with Gasteiger partial charge in [-0.15, -0.1) is 11.3 Å². The van der Waals surface area contributed by atoms with Crippen LogP contribution in [0.2, 0.25) is 0 Å². The van der Waals surface area contributed by atoms with Gasteiger partial charge in [-0.1, -0.05) is 12.1 Å². The van der Waals surface area contributed by atoms with Crippen LogP contribution in [0.15, 0.2) is 24.3 Å². The number of methoxy groups -OCH3 is 1. The molecule has 0 aliphatic rings. The summed E-state index contributed by atoms with van der Waals surface area (Å²) in [6.07, 6.45) is 0. The van der Waals surface area contributed by atoms with Crippen LogP contribution in [0.4, 0.5) is 9.52 Å². The average molecular weight is 294 g/mol. The number of anilines is 1. The van der Waals surface area contributed by atoms with Crippen LogP contribution in [-0.2, 0) is 4.74 Å². The van der Waals surface area contributed by atoms with Crippen molar-refractivity contribution in [2.24, 2.45) is 0 Å². The van der Waals surface area contributed by atoms with Crippen LogP contribution in [0.3, 0.4) is 0 Å². The molecule has 0 spiro atoms. The van der Waals surface area contributed by atoms with Crippen molar-refractivity contribution >= 4 is 22.4 Å². The summed E-state index contributed by atoms with van der Waals surface area (Å²) in [6.45, 7) is 3.71. The number of aromatic nitrogens is 1. The number of hydrogen-bond donors (Lipinski definition) is 1. The van der Waals surface area contributed by atoms with E-state index in [9.17, 15) is 9.18 Å². The third-order valence-corrected chi connectivity index (χ3v) is 3.77. The Hall–Kier alpha value is -1.95. The number of carbonyl (C=O) groups excluding carboxylic acids is 1. The Morgan fingerprint density at radius 1 is 1.50 bits per heavy atom. The van der Waals surface area contributed by atoms with Crippen LogP contribution in [0.25, 0.3) is 0 Å². The number of aryl methyl sites for hydroxylation is 1. The molecule has 4 nitrogen and oxygen atoms in total. The van der Waals surface area contributed by atoms with E-state index in [-0.39, 0.29) is 11.9 Å². The Morgan fingerprint density at radius 3 is 2.90 bits per heavy atom. The first-order valence-corrected chi connectivity index (χ1v) is 6.90. The predicted octanol–water partition coefficient (Wildman–Crippen LogP) is 3.55. The average Bonchev–Trinajstić information content (AvgIpc) is 2.78. The molecule has 6 heteroatoms. The van der Waals surface area contributed by atoms with Crippen molar-refractivity contribution in [2.45, 2.75) is 19.9 Å². The van der Waals surface area contributed by atoms with Crippen LogP contribution in [0, 0.1) is 12.7 Å². The summed E-state index contributed by atoms with van der Waals surface area (Å²) in [6, 6.07) is 6.26. The lowest BCUT2D eigenvalue weighted by molar-refractivity contribution is 0.0594. The number of ether oxygens (including phenoxy) is 1. The number of esters is 1. The Labute approximate surface area is 120 Å². The maximum Gasteiger partial charge on any atom is 0.357 e. The molecule has 0 aliphatic heterocycles. The van der Waals surface area contributed by atoms with Crippen molar-refractivity contribution < 1.29 is 13.9 Å². The van der Waals surface area contributed by atoms with Crippen molar-refractivity contribution in [3.63, 3.8) is 0 Å². The van der Waals surface area contributed by atoms with Gasteiger partial charge in [-0.3, -0.25) is 0 Å². The standard InChI is InChI=1S/C14H15FN2O2S/c1-8(10-5-4-6-11(15)7-10)16-14-17-12(9(2)20-14)13(18)19-3/h4-8H,1-3H3,(H,16,17). The van der Waals surface area contributed by atoms with Crippen LogP contribution >= 0.6 is 11.3 Å². The molecule has 0 bridgehead atoms. The second-order valence-corrected chi connectivity index (χ2v) is 5.54. The Bertz CT molecular complexity index is 627. The van der Waals surface area contributed by atoms with Crippen LogP contribution in [0.5, 0.6) is 0 Å². The van der Waals surface area contributed by atoms with Crippen LogP contribution < -0.4 is 5.32 Å². The molecule has 0 saturated heterocycles. The van der Waals surface area contributed by atoms with Crippen molar-refractivity contribution in [1.82, 2.24) is 4.98 Å². The van der Waals surface area contributed by atoms with E-state index in [2.05, 4.69) is 15.0 Å². The smallest absolute Gasteiger partial charge is 0.357 e. The van der Waals surface area contributed by atoms with Crippen molar-refractivity contribution in [1.29, 1.82) is 0 Å². The number of halogens is 1. The number of thiazole rings is 1. The minimum atomic E-state index is -0.454. The van der Waals surface area contributed by atoms with Crippen LogP contribution in [-0.4, -0.2) is 18.1 Å². The maximum absolute atomic E-state index is 13.2. The summed E-state index contributed by atoms with van der Waals surface area (Å²) in [4.78, 5) is 16.5. The quantitative estimate of drug-likeness (QED) is 0.876. The zero-order valence-corrected chi connectivity index (χ0v) is 12.3. The molecule has 1 atom stereocenters. The molecule has 20 heavy (non-hydrogen) atoms. The molecule has 1 heterocycles. The third-order valence-electron chi connectivity index (χ3n) is 2.86. The molecule has 2 aromatic rings. The zero-order valence-electron chi connectivity index (χ0n) is 11.4. The molecule has 0 amide bonds. The van der Waals surface area contributed by atoms with Gasteiger partial charge in [0.2, 0.25) is 0 Å². The SMILES string of the molecule is COC(=O)c1nc(NC(C)c2cccc(F)c2)sc1C. The van der Waals surface area contributed by atoms with Crippen molar-refractivity contribution in [3.8, 4) is 0 Å². The molecule has 2 rings (SSSR count). The van der Waals surface area contributed by atoms with E-state index < -0.39 is 5.97 Å². The molecule has 1 N–H and O–H groups in total. The van der Waals surface area contributed by atoms with Gasteiger partial charge in [0, 0.05) is 4.88 Å². The van der Waals surface area contributed by atoms with Gasteiger partial charge < -0.3 is 10.1 Å². The first kappa shape index (κ1) is 14.5. The number of carbonyl (C=O) groups is 1. The molecular formula is C14H15FN2O2S. The van der Waals surface area contributed by atoms with Gasteiger partial charge >= 0.3 is 5.97 Å². The Kier molecular flexibility index (Phi) is 4.34. The topological polar surface area (TPSA) is 51.2 Å². The highest BCUT2D eigenvalue weighted by molar-refractivity contribution is 7.15. The molecule has 1 aromatic heterocycles. The van der Waals surface area contributed by atoms with Gasteiger partial charge in [0.25, 0.3) is 0 Å². The number of nitrogens with zero attached hydrogens (tertiary/aromatic N) is 1. The molecule has 106 valence electrons. The Morgan fingerprint density at radius 2 is 2.25 bits per heavy atom. The van der Waals surface area contributed by atoms with Gasteiger partial charge in [0.1, 0.15) is 5.82 Å².